The summed E-state index contributed by atoms with van der Waals surface area (Å²) in [6, 6.07) is 9.55. The van der Waals surface area contributed by atoms with Crippen molar-refractivity contribution >= 4 is 27.6 Å². The van der Waals surface area contributed by atoms with E-state index in [2.05, 4.69) is 4.98 Å². The molecule has 2 amide bonds. The van der Waals surface area contributed by atoms with E-state index in [1.807, 2.05) is 23.8 Å². The van der Waals surface area contributed by atoms with Crippen molar-refractivity contribution in [2.24, 2.45) is 0 Å². The Kier molecular flexibility index (Phi) is 3.13. The number of pyridine rings is 1. The molecule has 1 aromatic carbocycles. The van der Waals surface area contributed by atoms with Crippen molar-refractivity contribution in [3.05, 3.63) is 48.2 Å². The molecule has 0 bridgehead atoms. The lowest BCUT2D eigenvalue weighted by atomic mass is 10.1. The summed E-state index contributed by atoms with van der Waals surface area (Å²) in [4.78, 5) is 17.4. The van der Waals surface area contributed by atoms with E-state index in [1.165, 1.54) is 23.2 Å². The van der Waals surface area contributed by atoms with Crippen LogP contribution >= 0.6 is 0 Å². The third kappa shape index (κ3) is 2.25. The van der Waals surface area contributed by atoms with E-state index in [-0.39, 0.29) is 10.7 Å². The maximum atomic E-state index is 12.1. The first-order chi connectivity index (χ1) is 10.0. The van der Waals surface area contributed by atoms with E-state index in [0.717, 1.165) is 12.0 Å². The van der Waals surface area contributed by atoms with Crippen LogP contribution in [0.2, 0.25) is 0 Å². The minimum Gasteiger partial charge on any atom is -0.247 e. The van der Waals surface area contributed by atoms with Gasteiger partial charge in [-0.2, -0.15) is 0 Å². The average molecular weight is 303 g/mol. The third-order valence-corrected chi connectivity index (χ3v) is 4.62. The molecule has 0 fully saturated rings. The van der Waals surface area contributed by atoms with Crippen LogP contribution in [0.25, 0.3) is 0 Å². The molecule has 2 heterocycles. The Hall–Kier alpha value is -2.41. The van der Waals surface area contributed by atoms with Crippen LogP contribution in [0, 0.1) is 0 Å². The number of fused-ring (bicyclic) bond motifs is 1. The zero-order valence-corrected chi connectivity index (χ0v) is 12.1. The Morgan fingerprint density at radius 1 is 1.19 bits per heavy atom. The van der Waals surface area contributed by atoms with Crippen LogP contribution < -0.4 is 9.62 Å². The number of urea groups is 1. The molecule has 1 aliphatic heterocycles. The summed E-state index contributed by atoms with van der Waals surface area (Å²) in [7, 11) is -3.85. The number of carbonyl (C=O) groups is 1. The molecule has 0 saturated heterocycles. The van der Waals surface area contributed by atoms with Crippen LogP contribution in [-0.4, -0.2) is 19.4 Å². The number of anilines is 2. The number of nitrogens with one attached hydrogen (secondary N) is 1. The first-order valence-corrected chi connectivity index (χ1v) is 7.92. The molecule has 21 heavy (non-hydrogen) atoms. The van der Waals surface area contributed by atoms with Crippen molar-refractivity contribution in [2.45, 2.75) is 18.2 Å². The number of aryl methyl sites for hydroxylation is 1. The summed E-state index contributed by atoms with van der Waals surface area (Å²) < 4.78 is 25.9. The van der Waals surface area contributed by atoms with Gasteiger partial charge < -0.3 is 0 Å². The second-order valence-corrected chi connectivity index (χ2v) is 6.24. The summed E-state index contributed by atoms with van der Waals surface area (Å²) in [6.45, 7) is 2.03. The molecular weight excluding hydrogens is 290 g/mol. The topological polar surface area (TPSA) is 79.4 Å². The second kappa shape index (κ2) is 4.85. The molecule has 7 heteroatoms. The van der Waals surface area contributed by atoms with Gasteiger partial charge in [0.15, 0.2) is 5.82 Å². The van der Waals surface area contributed by atoms with Crippen molar-refractivity contribution in [1.29, 1.82) is 0 Å². The van der Waals surface area contributed by atoms with Gasteiger partial charge in [-0.3, -0.25) is 0 Å². The molecule has 0 spiro atoms. The van der Waals surface area contributed by atoms with Crippen LogP contribution in [-0.2, 0) is 16.4 Å². The highest BCUT2D eigenvalue weighted by molar-refractivity contribution is 7.90. The number of hydrogen-bond donors (Lipinski definition) is 1. The largest absolute Gasteiger partial charge is 0.341 e. The van der Waals surface area contributed by atoms with Gasteiger partial charge in [0.2, 0.25) is 0 Å². The van der Waals surface area contributed by atoms with E-state index < -0.39 is 16.1 Å². The van der Waals surface area contributed by atoms with Gasteiger partial charge in [0.05, 0.1) is 5.69 Å². The number of sulfonamides is 1. The van der Waals surface area contributed by atoms with E-state index >= 15 is 0 Å². The molecule has 0 radical (unpaired) electrons. The van der Waals surface area contributed by atoms with Crippen molar-refractivity contribution in [1.82, 2.24) is 9.71 Å². The highest BCUT2D eigenvalue weighted by atomic mass is 32.2. The van der Waals surface area contributed by atoms with Crippen LogP contribution in [0.1, 0.15) is 12.5 Å². The normalized spacial score (nSPS) is 16.2. The highest BCUT2D eigenvalue weighted by Gasteiger charge is 2.35. The van der Waals surface area contributed by atoms with Crippen LogP contribution in [0.4, 0.5) is 16.3 Å². The minimum absolute atomic E-state index is 0.0100. The minimum atomic E-state index is -3.85. The van der Waals surface area contributed by atoms with Gasteiger partial charge in [-0.1, -0.05) is 19.1 Å². The Morgan fingerprint density at radius 3 is 2.57 bits per heavy atom. The Labute approximate surface area is 122 Å². The van der Waals surface area contributed by atoms with Crippen molar-refractivity contribution in [2.75, 3.05) is 4.90 Å². The number of aromatic nitrogens is 1. The predicted octanol–water partition coefficient (Wildman–Crippen LogP) is 2.19. The standard InChI is InChI=1S/C14H13N3O3S/c1-2-10-5-7-11(8-6-10)17-13-12(4-3-9-15-13)21(19,20)16-14(17)18/h3-9H,2H2,1H3,(H,16,18). The fourth-order valence-corrected chi connectivity index (χ4v) is 3.27. The Morgan fingerprint density at radius 2 is 1.90 bits per heavy atom. The summed E-state index contributed by atoms with van der Waals surface area (Å²) in [5.41, 5.74) is 1.70. The van der Waals surface area contributed by atoms with Crippen molar-refractivity contribution in [3.63, 3.8) is 0 Å². The van der Waals surface area contributed by atoms with Gasteiger partial charge in [-0.15, -0.1) is 0 Å². The quantitative estimate of drug-likeness (QED) is 0.922. The molecule has 1 N–H and O–H groups in total. The second-order valence-electron chi connectivity index (χ2n) is 4.59. The molecule has 0 atom stereocenters. The molecular formula is C14H13N3O3S. The summed E-state index contributed by atoms with van der Waals surface area (Å²) in [5, 5.41) is 0. The first-order valence-electron chi connectivity index (χ1n) is 6.44. The molecule has 1 aromatic heterocycles. The molecule has 108 valence electrons. The Balaban J connectivity index is 2.15. The number of rotatable bonds is 2. The van der Waals surface area contributed by atoms with E-state index in [9.17, 15) is 13.2 Å². The maximum Gasteiger partial charge on any atom is 0.341 e. The van der Waals surface area contributed by atoms with Gasteiger partial charge in [-0.25, -0.2) is 27.8 Å². The van der Waals surface area contributed by atoms with Crippen molar-refractivity contribution < 1.29 is 13.2 Å². The summed E-state index contributed by atoms with van der Waals surface area (Å²) >= 11 is 0. The van der Waals surface area contributed by atoms with Gasteiger partial charge in [0, 0.05) is 6.20 Å². The van der Waals surface area contributed by atoms with E-state index in [4.69, 9.17) is 0 Å². The highest BCUT2D eigenvalue weighted by Crippen LogP contribution is 2.32. The summed E-state index contributed by atoms with van der Waals surface area (Å²) in [5.74, 6) is 0.116. The summed E-state index contributed by atoms with van der Waals surface area (Å²) in [6.07, 6.45) is 2.34. The van der Waals surface area contributed by atoms with E-state index in [0.29, 0.717) is 5.69 Å². The number of carbonyl (C=O) groups excluding carboxylic acids is 1. The van der Waals surface area contributed by atoms with Gasteiger partial charge in [0.1, 0.15) is 4.90 Å². The molecule has 0 saturated carbocycles. The zero-order chi connectivity index (χ0) is 15.0. The number of hydrogen-bond acceptors (Lipinski definition) is 4. The zero-order valence-electron chi connectivity index (χ0n) is 11.3. The lowest BCUT2D eigenvalue weighted by Gasteiger charge is -2.28. The number of amides is 2. The molecule has 3 rings (SSSR count). The fraction of sp³-hybridized carbons (Fsp3) is 0.143. The molecule has 0 unspecified atom stereocenters. The number of nitrogens with zero attached hydrogens (tertiary/aromatic N) is 2. The van der Waals surface area contributed by atoms with Crippen LogP contribution in [0.15, 0.2) is 47.5 Å². The van der Waals surface area contributed by atoms with Crippen molar-refractivity contribution in [3.8, 4) is 0 Å². The predicted molar refractivity (Wildman–Crippen MR) is 77.9 cm³/mol. The van der Waals surface area contributed by atoms with Crippen LogP contribution in [0.5, 0.6) is 0 Å². The molecule has 1 aliphatic rings. The molecule has 2 aromatic rings. The smallest absolute Gasteiger partial charge is 0.247 e. The maximum absolute atomic E-state index is 12.1. The SMILES string of the molecule is CCc1ccc(N2C(=O)NS(=O)(=O)c3cccnc32)cc1. The van der Waals surface area contributed by atoms with Crippen LogP contribution in [0.3, 0.4) is 0 Å². The lowest BCUT2D eigenvalue weighted by Crippen LogP contribution is -2.45. The lowest BCUT2D eigenvalue weighted by molar-refractivity contribution is 0.252. The monoisotopic (exact) mass is 303 g/mol. The van der Waals surface area contributed by atoms with Gasteiger partial charge in [0.25, 0.3) is 10.0 Å². The van der Waals surface area contributed by atoms with Gasteiger partial charge >= 0.3 is 6.03 Å². The number of benzene rings is 1. The third-order valence-electron chi connectivity index (χ3n) is 3.28. The fourth-order valence-electron chi connectivity index (χ4n) is 2.19. The Bertz CT molecular complexity index is 800. The first kappa shape index (κ1) is 13.6. The average Bonchev–Trinajstić information content (AvgIpc) is 2.47. The molecule has 6 nitrogen and oxygen atoms in total. The van der Waals surface area contributed by atoms with Gasteiger partial charge in [-0.05, 0) is 36.2 Å². The van der Waals surface area contributed by atoms with E-state index in [1.54, 1.807) is 12.1 Å². The molecule has 0 aliphatic carbocycles.